The zero-order valence-electron chi connectivity index (χ0n) is 15.2. The Bertz CT molecular complexity index is 909. The van der Waals surface area contributed by atoms with Crippen LogP contribution in [0, 0.1) is 0 Å². The van der Waals surface area contributed by atoms with Crippen molar-refractivity contribution in [2.45, 2.75) is 38.4 Å². The first-order valence-corrected chi connectivity index (χ1v) is 9.97. The SMILES string of the molecule is CC(C)=CCNc1ncnc2c1ncn2[C@H]1O[C@@H](COP(=O)(O)O)[C@H](O)[C@@H]1O. The van der Waals surface area contributed by atoms with Gasteiger partial charge in [-0.1, -0.05) is 11.6 Å². The number of fused-ring (bicyclic) bond motifs is 1. The van der Waals surface area contributed by atoms with Crippen LogP contribution in [-0.2, 0) is 13.8 Å². The van der Waals surface area contributed by atoms with E-state index in [2.05, 4.69) is 24.8 Å². The maximum atomic E-state index is 10.9. The fourth-order valence-electron chi connectivity index (χ4n) is 2.79. The lowest BCUT2D eigenvalue weighted by atomic mass is 10.1. The summed E-state index contributed by atoms with van der Waals surface area (Å²) >= 11 is 0. The van der Waals surface area contributed by atoms with Crippen molar-refractivity contribution in [2.75, 3.05) is 18.5 Å². The van der Waals surface area contributed by atoms with E-state index in [0.717, 1.165) is 5.57 Å². The predicted molar refractivity (Wildman–Crippen MR) is 97.2 cm³/mol. The molecule has 0 unspecified atom stereocenters. The molecule has 154 valence electrons. The average molecular weight is 415 g/mol. The van der Waals surface area contributed by atoms with Gasteiger partial charge in [-0.3, -0.25) is 9.09 Å². The highest BCUT2D eigenvalue weighted by Crippen LogP contribution is 2.38. The molecule has 13 heteroatoms. The molecule has 0 bridgehead atoms. The van der Waals surface area contributed by atoms with Gasteiger partial charge in [0.15, 0.2) is 23.2 Å². The molecule has 3 heterocycles. The topological polar surface area (TPSA) is 172 Å². The molecular formula is C15H22N5O7P. The number of nitrogens with zero attached hydrogens (tertiary/aromatic N) is 4. The van der Waals surface area contributed by atoms with Crippen LogP contribution in [0.3, 0.4) is 0 Å². The van der Waals surface area contributed by atoms with Crippen LogP contribution in [0.2, 0.25) is 0 Å². The third-order valence-electron chi connectivity index (χ3n) is 4.16. The standard InChI is InChI=1S/C15H22N5O7P/c1-8(2)3-4-16-13-10-14(18-6-17-13)20(7-19-10)15-12(22)11(21)9(27-15)5-26-28(23,24)25/h3,6-7,9,11-12,15,21-22H,4-5H2,1-2H3,(H,16,17,18)(H2,23,24,25)/t9-,11-,12-,15-/m0/s1. The Morgan fingerprint density at radius 2 is 2.07 bits per heavy atom. The zero-order valence-corrected chi connectivity index (χ0v) is 16.1. The second kappa shape index (κ2) is 8.21. The van der Waals surface area contributed by atoms with Gasteiger partial charge in [0.2, 0.25) is 0 Å². The normalized spacial score (nSPS) is 25.2. The molecule has 2 aromatic rings. The number of hydrogen-bond acceptors (Lipinski definition) is 9. The molecular weight excluding hydrogens is 393 g/mol. The fourth-order valence-corrected chi connectivity index (χ4v) is 3.13. The van der Waals surface area contributed by atoms with Crippen molar-refractivity contribution in [3.8, 4) is 0 Å². The molecule has 5 N–H and O–H groups in total. The van der Waals surface area contributed by atoms with Crippen molar-refractivity contribution < 1.29 is 33.8 Å². The second-order valence-electron chi connectivity index (χ2n) is 6.54. The molecule has 3 rings (SSSR count). The van der Waals surface area contributed by atoms with Crippen LogP contribution < -0.4 is 5.32 Å². The number of rotatable bonds is 7. The number of ether oxygens (including phenoxy) is 1. The van der Waals surface area contributed by atoms with E-state index in [0.29, 0.717) is 23.5 Å². The van der Waals surface area contributed by atoms with Gasteiger partial charge >= 0.3 is 7.82 Å². The van der Waals surface area contributed by atoms with Crippen molar-refractivity contribution >= 4 is 24.8 Å². The molecule has 0 aliphatic carbocycles. The van der Waals surface area contributed by atoms with Crippen LogP contribution in [0.1, 0.15) is 20.1 Å². The molecule has 0 radical (unpaired) electrons. The molecule has 1 fully saturated rings. The molecule has 12 nitrogen and oxygen atoms in total. The highest BCUT2D eigenvalue weighted by molar-refractivity contribution is 7.46. The lowest BCUT2D eigenvalue weighted by Crippen LogP contribution is -2.33. The van der Waals surface area contributed by atoms with Gasteiger partial charge in [-0.15, -0.1) is 0 Å². The van der Waals surface area contributed by atoms with Crippen molar-refractivity contribution in [1.29, 1.82) is 0 Å². The number of anilines is 1. The van der Waals surface area contributed by atoms with E-state index in [-0.39, 0.29) is 0 Å². The molecule has 28 heavy (non-hydrogen) atoms. The summed E-state index contributed by atoms with van der Waals surface area (Å²) in [4.78, 5) is 30.2. The van der Waals surface area contributed by atoms with E-state index in [1.165, 1.54) is 17.2 Å². The van der Waals surface area contributed by atoms with E-state index in [1.54, 1.807) is 0 Å². The molecule has 0 spiro atoms. The van der Waals surface area contributed by atoms with Crippen LogP contribution >= 0.6 is 7.82 Å². The summed E-state index contributed by atoms with van der Waals surface area (Å²) in [5.74, 6) is 0.496. The minimum Gasteiger partial charge on any atom is -0.387 e. The van der Waals surface area contributed by atoms with E-state index in [1.807, 2.05) is 19.9 Å². The largest absolute Gasteiger partial charge is 0.469 e. The lowest BCUT2D eigenvalue weighted by molar-refractivity contribution is -0.0504. The molecule has 4 atom stereocenters. The van der Waals surface area contributed by atoms with Gasteiger partial charge in [-0.05, 0) is 13.8 Å². The highest BCUT2D eigenvalue weighted by Gasteiger charge is 2.45. The number of aromatic nitrogens is 4. The zero-order chi connectivity index (χ0) is 20.5. The second-order valence-corrected chi connectivity index (χ2v) is 7.78. The lowest BCUT2D eigenvalue weighted by Gasteiger charge is -2.16. The van der Waals surface area contributed by atoms with Crippen LogP contribution in [0.5, 0.6) is 0 Å². The summed E-state index contributed by atoms with van der Waals surface area (Å²) < 4.78 is 22.2. The number of imidazole rings is 1. The predicted octanol–water partition coefficient (Wildman–Crippen LogP) is -0.0671. The van der Waals surface area contributed by atoms with Crippen LogP contribution in [0.25, 0.3) is 11.2 Å². The van der Waals surface area contributed by atoms with E-state index < -0.39 is 39.0 Å². The number of hydrogen-bond donors (Lipinski definition) is 5. The smallest absolute Gasteiger partial charge is 0.387 e. The van der Waals surface area contributed by atoms with Crippen LogP contribution in [0.4, 0.5) is 5.82 Å². The van der Waals surface area contributed by atoms with Crippen molar-refractivity contribution in [3.05, 3.63) is 24.3 Å². The van der Waals surface area contributed by atoms with E-state index >= 15 is 0 Å². The summed E-state index contributed by atoms with van der Waals surface area (Å²) in [6.45, 7) is 3.91. The molecule has 0 amide bonds. The molecule has 1 aliphatic heterocycles. The van der Waals surface area contributed by atoms with Crippen LogP contribution in [0.15, 0.2) is 24.3 Å². The Kier molecular flexibility index (Phi) is 6.10. The van der Waals surface area contributed by atoms with Gasteiger partial charge < -0.3 is 30.1 Å². The Morgan fingerprint density at radius 3 is 2.75 bits per heavy atom. The number of aliphatic hydroxyl groups is 2. The minimum atomic E-state index is -4.73. The monoisotopic (exact) mass is 415 g/mol. The van der Waals surface area contributed by atoms with Gasteiger partial charge in [0, 0.05) is 6.54 Å². The average Bonchev–Trinajstić information content (AvgIpc) is 3.15. The first-order valence-electron chi connectivity index (χ1n) is 8.44. The Labute approximate surface area is 160 Å². The number of aliphatic hydroxyl groups excluding tert-OH is 2. The molecule has 1 saturated heterocycles. The summed E-state index contributed by atoms with van der Waals surface area (Å²) in [6, 6.07) is 0. The van der Waals surface area contributed by atoms with Gasteiger partial charge in [0.05, 0.1) is 12.9 Å². The Balaban J connectivity index is 1.81. The quantitative estimate of drug-likeness (QED) is 0.303. The fraction of sp³-hybridized carbons (Fsp3) is 0.533. The third kappa shape index (κ3) is 4.55. The van der Waals surface area contributed by atoms with Crippen molar-refractivity contribution in [2.24, 2.45) is 0 Å². The molecule has 2 aromatic heterocycles. The summed E-state index contributed by atoms with van der Waals surface area (Å²) in [5, 5.41) is 23.6. The van der Waals surface area contributed by atoms with Crippen molar-refractivity contribution in [1.82, 2.24) is 19.5 Å². The minimum absolute atomic E-state index is 0.363. The number of allylic oxidation sites excluding steroid dienone is 1. The Morgan fingerprint density at radius 1 is 1.32 bits per heavy atom. The van der Waals surface area contributed by atoms with Gasteiger partial charge in [0.1, 0.15) is 24.6 Å². The molecule has 0 saturated carbocycles. The summed E-state index contributed by atoms with van der Waals surface area (Å²) in [7, 11) is -4.73. The molecule has 1 aliphatic rings. The first kappa shape index (κ1) is 20.8. The summed E-state index contributed by atoms with van der Waals surface area (Å²) in [5.41, 5.74) is 1.95. The summed E-state index contributed by atoms with van der Waals surface area (Å²) in [6.07, 6.45) is -0.286. The molecule has 0 aromatic carbocycles. The number of phosphoric ester groups is 1. The number of phosphoric acid groups is 1. The van der Waals surface area contributed by atoms with Gasteiger partial charge in [-0.2, -0.15) is 0 Å². The number of nitrogens with one attached hydrogen (secondary N) is 1. The maximum absolute atomic E-state index is 10.9. The van der Waals surface area contributed by atoms with Crippen molar-refractivity contribution in [3.63, 3.8) is 0 Å². The van der Waals surface area contributed by atoms with Gasteiger partial charge in [0.25, 0.3) is 0 Å². The van der Waals surface area contributed by atoms with Crippen LogP contribution in [-0.4, -0.2) is 71.0 Å². The third-order valence-corrected chi connectivity index (χ3v) is 4.64. The highest BCUT2D eigenvalue weighted by atomic mass is 31.2. The van der Waals surface area contributed by atoms with E-state index in [4.69, 9.17) is 14.5 Å². The van der Waals surface area contributed by atoms with E-state index in [9.17, 15) is 14.8 Å². The first-order chi connectivity index (χ1) is 13.2. The van der Waals surface area contributed by atoms with Gasteiger partial charge in [-0.25, -0.2) is 19.5 Å². The maximum Gasteiger partial charge on any atom is 0.469 e. The Hall–Kier alpha value is -1.92.